The second-order valence-electron chi connectivity index (χ2n) is 11.5. The number of nitrogens with one attached hydrogen (secondary N) is 2. The number of anilines is 2. The van der Waals surface area contributed by atoms with Crippen molar-refractivity contribution in [2.45, 2.75) is 39.8 Å². The quantitative estimate of drug-likeness (QED) is 0.202. The molecule has 5 heterocycles. The topological polar surface area (TPSA) is 103 Å². The lowest BCUT2D eigenvalue weighted by atomic mass is 9.93. The van der Waals surface area contributed by atoms with Gasteiger partial charge in [0.1, 0.15) is 10.5 Å². The number of thiazole rings is 1. The molecule has 0 aliphatic carbocycles. The summed E-state index contributed by atoms with van der Waals surface area (Å²) in [6.45, 7) is 8.30. The first kappa shape index (κ1) is 27.6. The number of likely N-dealkylation sites (tertiary alicyclic amines) is 1. The Morgan fingerprint density at radius 1 is 1.09 bits per heavy atom. The smallest absolute Gasteiger partial charge is 0.307 e. The first-order chi connectivity index (χ1) is 20.9. The number of aromatic nitrogens is 3. The summed E-state index contributed by atoms with van der Waals surface area (Å²) in [4.78, 5) is 29.3. The molecule has 7 rings (SSSR count). The van der Waals surface area contributed by atoms with Gasteiger partial charge in [0.15, 0.2) is 5.82 Å². The van der Waals surface area contributed by atoms with Gasteiger partial charge in [0.05, 0.1) is 11.6 Å². The fraction of sp³-hybridized carbons (Fsp3) is 0.294. The van der Waals surface area contributed by atoms with Gasteiger partial charge in [0.25, 0.3) is 0 Å². The number of rotatable bonds is 7. The van der Waals surface area contributed by atoms with Crippen LogP contribution in [0.5, 0.6) is 0 Å². The van der Waals surface area contributed by atoms with Gasteiger partial charge in [-0.3, -0.25) is 14.7 Å². The molecule has 8 nitrogen and oxygen atoms in total. The van der Waals surface area contributed by atoms with Crippen LogP contribution in [-0.2, 0) is 24.3 Å². The molecule has 1 saturated heterocycles. The van der Waals surface area contributed by atoms with Crippen LogP contribution in [-0.4, -0.2) is 50.6 Å². The van der Waals surface area contributed by atoms with Gasteiger partial charge < -0.3 is 15.7 Å². The fourth-order valence-corrected chi connectivity index (χ4v) is 7.47. The number of carboxylic acids is 1. The van der Waals surface area contributed by atoms with E-state index in [0.29, 0.717) is 25.3 Å². The zero-order valence-corrected chi connectivity index (χ0v) is 25.2. The van der Waals surface area contributed by atoms with Crippen LogP contribution in [0.25, 0.3) is 32.6 Å². The SMILES string of the molecule is Cc1c(Nc2nccc3cc(CN4CCC(C(=O)O)C4)cnc23)cccc1-c1cccc(-c2nc3c(s2)CNCC3)c1C. The second-order valence-corrected chi connectivity index (χ2v) is 12.6. The van der Waals surface area contributed by atoms with Gasteiger partial charge in [-0.25, -0.2) is 9.97 Å². The third-order valence-electron chi connectivity index (χ3n) is 8.73. The van der Waals surface area contributed by atoms with E-state index in [-0.39, 0.29) is 5.92 Å². The number of hydrogen-bond acceptors (Lipinski definition) is 8. The maximum absolute atomic E-state index is 11.4. The predicted octanol–water partition coefficient (Wildman–Crippen LogP) is 6.33. The molecule has 3 N–H and O–H groups in total. The zero-order valence-electron chi connectivity index (χ0n) is 24.4. The Hall–Kier alpha value is -4.18. The molecule has 2 aliphatic heterocycles. The Balaban J connectivity index is 1.16. The van der Waals surface area contributed by atoms with Gasteiger partial charge in [-0.1, -0.05) is 30.3 Å². The van der Waals surface area contributed by atoms with Crippen LogP contribution in [0.4, 0.5) is 11.5 Å². The number of nitrogens with zero attached hydrogens (tertiary/aromatic N) is 4. The highest BCUT2D eigenvalue weighted by molar-refractivity contribution is 7.15. The molecule has 218 valence electrons. The van der Waals surface area contributed by atoms with E-state index in [1.165, 1.54) is 32.8 Å². The van der Waals surface area contributed by atoms with E-state index in [1.807, 2.05) is 18.5 Å². The van der Waals surface area contributed by atoms with Gasteiger partial charge >= 0.3 is 5.97 Å². The van der Waals surface area contributed by atoms with E-state index >= 15 is 0 Å². The maximum Gasteiger partial charge on any atom is 0.307 e. The Labute approximate surface area is 254 Å². The molecular formula is C34H34N6O2S. The summed E-state index contributed by atoms with van der Waals surface area (Å²) in [6, 6.07) is 17.0. The Morgan fingerprint density at radius 3 is 2.72 bits per heavy atom. The van der Waals surface area contributed by atoms with Crippen LogP contribution in [0, 0.1) is 19.8 Å². The molecule has 0 spiro atoms. The van der Waals surface area contributed by atoms with Crippen molar-refractivity contribution in [2.75, 3.05) is 25.0 Å². The molecule has 43 heavy (non-hydrogen) atoms. The maximum atomic E-state index is 11.4. The highest BCUT2D eigenvalue weighted by atomic mass is 32.1. The minimum absolute atomic E-state index is 0.283. The summed E-state index contributed by atoms with van der Waals surface area (Å²) in [5.74, 6) is -0.281. The molecule has 2 aliphatic rings. The summed E-state index contributed by atoms with van der Waals surface area (Å²) in [7, 11) is 0. The predicted molar refractivity (Wildman–Crippen MR) is 172 cm³/mol. The lowest BCUT2D eigenvalue weighted by molar-refractivity contribution is -0.141. The monoisotopic (exact) mass is 590 g/mol. The van der Waals surface area contributed by atoms with Crippen LogP contribution >= 0.6 is 11.3 Å². The average Bonchev–Trinajstić information content (AvgIpc) is 3.66. The van der Waals surface area contributed by atoms with Crippen LogP contribution < -0.4 is 10.6 Å². The Bertz CT molecular complexity index is 1830. The number of fused-ring (bicyclic) bond motifs is 2. The number of aliphatic carboxylic acids is 1. The van der Waals surface area contributed by atoms with E-state index in [1.54, 1.807) is 11.3 Å². The minimum Gasteiger partial charge on any atom is -0.481 e. The highest BCUT2D eigenvalue weighted by Gasteiger charge is 2.28. The molecular weight excluding hydrogens is 556 g/mol. The van der Waals surface area contributed by atoms with Crippen molar-refractivity contribution in [1.82, 2.24) is 25.2 Å². The molecule has 2 aromatic carbocycles. The molecule has 1 unspecified atom stereocenters. The lowest BCUT2D eigenvalue weighted by Crippen LogP contribution is -2.22. The van der Waals surface area contributed by atoms with Gasteiger partial charge in [-0.05, 0) is 72.8 Å². The minimum atomic E-state index is -0.709. The number of carboxylic acid groups (broad SMARTS) is 1. The number of carbonyl (C=O) groups is 1. The standard InChI is InChI=1S/C34H34N6O2S/c1-20-25(5-3-7-27(20)33-39-29-10-12-35-17-30(29)43-33)26-6-4-8-28(21(26)2)38-32-31-23(9-13-36-32)15-22(16-37-31)18-40-14-11-24(19-40)34(41)42/h3-9,13,15-16,24,35H,10-12,14,17-19H2,1-2H3,(H,36,38)(H,41,42). The van der Waals surface area contributed by atoms with Crippen molar-refractivity contribution in [3.05, 3.63) is 88.2 Å². The van der Waals surface area contributed by atoms with Crippen LogP contribution in [0.2, 0.25) is 0 Å². The third kappa shape index (κ3) is 5.40. The summed E-state index contributed by atoms with van der Waals surface area (Å²) in [5.41, 5.74) is 10.0. The second kappa shape index (κ2) is 11.5. The first-order valence-corrected chi connectivity index (χ1v) is 15.6. The first-order valence-electron chi connectivity index (χ1n) is 14.8. The molecule has 1 fully saturated rings. The molecule has 0 radical (unpaired) electrons. The molecule has 1 atom stereocenters. The Kier molecular flexibility index (Phi) is 7.38. The molecule has 9 heteroatoms. The van der Waals surface area contributed by atoms with Gasteiger partial charge in [0, 0.05) is 66.5 Å². The van der Waals surface area contributed by atoms with Gasteiger partial charge in [-0.15, -0.1) is 11.3 Å². The largest absolute Gasteiger partial charge is 0.481 e. The third-order valence-corrected chi connectivity index (χ3v) is 9.86. The number of pyridine rings is 2. The van der Waals surface area contributed by atoms with Crippen molar-refractivity contribution in [3.63, 3.8) is 0 Å². The van der Waals surface area contributed by atoms with Gasteiger partial charge in [-0.2, -0.15) is 0 Å². The van der Waals surface area contributed by atoms with E-state index in [4.69, 9.17) is 9.97 Å². The van der Waals surface area contributed by atoms with Crippen LogP contribution in [0.3, 0.4) is 0 Å². The molecule has 3 aromatic heterocycles. The van der Waals surface area contributed by atoms with E-state index in [2.05, 4.69) is 76.8 Å². The van der Waals surface area contributed by atoms with Crippen molar-refractivity contribution >= 4 is 39.7 Å². The molecule has 0 saturated carbocycles. The zero-order chi connectivity index (χ0) is 29.5. The summed E-state index contributed by atoms with van der Waals surface area (Å²) in [5, 5.41) is 18.5. The summed E-state index contributed by atoms with van der Waals surface area (Å²) in [6.07, 6.45) is 5.37. The van der Waals surface area contributed by atoms with E-state index in [9.17, 15) is 9.90 Å². The summed E-state index contributed by atoms with van der Waals surface area (Å²) >= 11 is 1.80. The lowest BCUT2D eigenvalue weighted by Gasteiger charge is -2.17. The number of hydrogen-bond donors (Lipinski definition) is 3. The fourth-order valence-electron chi connectivity index (χ4n) is 6.31. The van der Waals surface area contributed by atoms with Crippen LogP contribution in [0.15, 0.2) is 60.9 Å². The number of benzene rings is 2. The molecule has 0 amide bonds. The van der Waals surface area contributed by atoms with E-state index in [0.717, 1.165) is 58.8 Å². The normalized spacial score (nSPS) is 16.8. The van der Waals surface area contributed by atoms with Crippen LogP contribution in [0.1, 0.15) is 33.7 Å². The molecule has 5 aromatic rings. The van der Waals surface area contributed by atoms with Crippen molar-refractivity contribution in [2.24, 2.45) is 5.92 Å². The van der Waals surface area contributed by atoms with Crippen molar-refractivity contribution < 1.29 is 9.90 Å². The average molecular weight is 591 g/mol. The molecule has 0 bridgehead atoms. The van der Waals surface area contributed by atoms with E-state index < -0.39 is 5.97 Å². The summed E-state index contributed by atoms with van der Waals surface area (Å²) < 4.78 is 0. The Morgan fingerprint density at radius 2 is 1.91 bits per heavy atom. The van der Waals surface area contributed by atoms with Crippen molar-refractivity contribution in [1.29, 1.82) is 0 Å². The van der Waals surface area contributed by atoms with Gasteiger partial charge in [0.2, 0.25) is 0 Å². The van der Waals surface area contributed by atoms with Crippen molar-refractivity contribution in [3.8, 4) is 21.7 Å². The highest BCUT2D eigenvalue weighted by Crippen LogP contribution is 2.38.